The molecule has 152 valence electrons. The lowest BCUT2D eigenvalue weighted by molar-refractivity contribution is -0.122. The first kappa shape index (κ1) is 20.9. The molecule has 4 nitrogen and oxygen atoms in total. The lowest BCUT2D eigenvalue weighted by Gasteiger charge is -2.15. The van der Waals surface area contributed by atoms with Crippen molar-refractivity contribution in [2.75, 3.05) is 20.3 Å². The molecule has 3 aromatic carbocycles. The molecule has 29 heavy (non-hydrogen) atoms. The smallest absolute Gasteiger partial charge is 0.227 e. The summed E-state index contributed by atoms with van der Waals surface area (Å²) in [5, 5.41) is 5.23. The van der Waals surface area contributed by atoms with Crippen LogP contribution in [0.5, 0.6) is 5.75 Å². The third-order valence-electron chi connectivity index (χ3n) is 5.22. The first-order chi connectivity index (χ1) is 14.1. The van der Waals surface area contributed by atoms with Crippen LogP contribution in [0.15, 0.2) is 66.7 Å². The van der Waals surface area contributed by atoms with E-state index in [4.69, 9.17) is 9.47 Å². The Morgan fingerprint density at radius 2 is 1.66 bits per heavy atom. The van der Waals surface area contributed by atoms with Crippen molar-refractivity contribution in [3.63, 3.8) is 0 Å². The summed E-state index contributed by atoms with van der Waals surface area (Å²) in [5.41, 5.74) is 2.17. The molecule has 0 radical (unpaired) electrons. The van der Waals surface area contributed by atoms with E-state index in [2.05, 4.69) is 23.5 Å². The number of ether oxygens (including phenoxy) is 2. The number of benzene rings is 3. The van der Waals surface area contributed by atoms with Crippen molar-refractivity contribution in [3.05, 3.63) is 77.9 Å². The van der Waals surface area contributed by atoms with Gasteiger partial charge in [0.2, 0.25) is 5.91 Å². The van der Waals surface area contributed by atoms with Gasteiger partial charge in [-0.25, -0.2) is 0 Å². The molecule has 1 unspecified atom stereocenters. The molecule has 4 heteroatoms. The van der Waals surface area contributed by atoms with E-state index in [1.807, 2.05) is 62.4 Å². The van der Waals surface area contributed by atoms with Gasteiger partial charge in [-0.15, -0.1) is 0 Å². The number of fused-ring (bicyclic) bond motifs is 1. The van der Waals surface area contributed by atoms with Gasteiger partial charge < -0.3 is 14.8 Å². The molecule has 1 amide bonds. The van der Waals surface area contributed by atoms with Gasteiger partial charge in [-0.3, -0.25) is 4.79 Å². The standard InChI is InChI=1S/C25H29NO3/c1-18(21-10-11-23-17-24(28-3)13-12-22(23)16-21)25(27)26-14-7-15-29-19(2)20-8-5-4-6-9-20/h4-6,8-13,16-19H,7,14-15H2,1-3H3,(H,26,27)/t18-,19?/m0/s1. The number of methoxy groups -OCH3 is 1. The van der Waals surface area contributed by atoms with Crippen LogP contribution in [0.4, 0.5) is 0 Å². The van der Waals surface area contributed by atoms with Crippen molar-refractivity contribution in [2.24, 2.45) is 0 Å². The zero-order valence-electron chi connectivity index (χ0n) is 17.4. The largest absolute Gasteiger partial charge is 0.497 e. The Balaban J connectivity index is 1.46. The van der Waals surface area contributed by atoms with E-state index in [0.29, 0.717) is 13.2 Å². The topological polar surface area (TPSA) is 47.6 Å². The Kier molecular flexibility index (Phi) is 7.25. The maximum atomic E-state index is 12.5. The molecular formula is C25H29NO3. The molecule has 0 saturated carbocycles. The lowest BCUT2D eigenvalue weighted by atomic mass is 9.97. The van der Waals surface area contributed by atoms with E-state index in [1.54, 1.807) is 7.11 Å². The number of carbonyl (C=O) groups is 1. The minimum absolute atomic E-state index is 0.0361. The minimum Gasteiger partial charge on any atom is -0.497 e. The first-order valence-electron chi connectivity index (χ1n) is 10.1. The highest BCUT2D eigenvalue weighted by Crippen LogP contribution is 2.25. The highest BCUT2D eigenvalue weighted by molar-refractivity contribution is 5.88. The second kappa shape index (κ2) is 10.1. The van der Waals surface area contributed by atoms with Crippen LogP contribution < -0.4 is 10.1 Å². The highest BCUT2D eigenvalue weighted by atomic mass is 16.5. The van der Waals surface area contributed by atoms with Crippen LogP contribution in [-0.4, -0.2) is 26.2 Å². The van der Waals surface area contributed by atoms with Crippen LogP contribution in [0.3, 0.4) is 0 Å². The predicted octanol–water partition coefficient (Wildman–Crippen LogP) is 5.24. The molecule has 0 aliphatic rings. The normalized spacial score (nSPS) is 13.1. The Bertz CT molecular complexity index is 939. The Labute approximate surface area is 172 Å². The van der Waals surface area contributed by atoms with E-state index in [0.717, 1.165) is 28.5 Å². The van der Waals surface area contributed by atoms with Gasteiger partial charge in [-0.1, -0.05) is 54.6 Å². The average Bonchev–Trinajstić information content (AvgIpc) is 2.77. The molecule has 0 heterocycles. The summed E-state index contributed by atoms with van der Waals surface area (Å²) in [7, 11) is 1.66. The Morgan fingerprint density at radius 3 is 2.41 bits per heavy atom. The molecule has 0 saturated heterocycles. The zero-order valence-corrected chi connectivity index (χ0v) is 17.4. The summed E-state index contributed by atoms with van der Waals surface area (Å²) in [6.07, 6.45) is 0.842. The number of nitrogens with one attached hydrogen (secondary N) is 1. The fourth-order valence-corrected chi connectivity index (χ4v) is 3.31. The molecule has 3 rings (SSSR count). The third kappa shape index (κ3) is 5.58. The highest BCUT2D eigenvalue weighted by Gasteiger charge is 2.15. The van der Waals surface area contributed by atoms with E-state index in [9.17, 15) is 4.79 Å². The first-order valence-corrected chi connectivity index (χ1v) is 10.1. The van der Waals surface area contributed by atoms with Crippen LogP contribution >= 0.6 is 0 Å². The molecule has 0 aromatic heterocycles. The molecular weight excluding hydrogens is 362 g/mol. The summed E-state index contributed by atoms with van der Waals surface area (Å²) in [6.45, 7) is 5.21. The number of rotatable bonds is 9. The second-order valence-electron chi connectivity index (χ2n) is 7.26. The van der Waals surface area contributed by atoms with Crippen LogP contribution in [-0.2, 0) is 9.53 Å². The number of hydrogen-bond acceptors (Lipinski definition) is 3. The van der Waals surface area contributed by atoms with Gasteiger partial charge in [-0.05, 0) is 54.3 Å². The molecule has 0 bridgehead atoms. The molecule has 0 spiro atoms. The van der Waals surface area contributed by atoms with Gasteiger partial charge in [0.1, 0.15) is 5.75 Å². The Morgan fingerprint density at radius 1 is 0.931 bits per heavy atom. The Hall–Kier alpha value is -2.85. The number of amides is 1. The van der Waals surface area contributed by atoms with Gasteiger partial charge in [0, 0.05) is 13.2 Å². The fourth-order valence-electron chi connectivity index (χ4n) is 3.31. The lowest BCUT2D eigenvalue weighted by Crippen LogP contribution is -2.29. The summed E-state index contributed by atoms with van der Waals surface area (Å²) < 4.78 is 11.1. The van der Waals surface area contributed by atoms with Crippen molar-refractivity contribution in [1.82, 2.24) is 5.32 Å². The van der Waals surface area contributed by atoms with Crippen LogP contribution in [0.1, 0.15) is 43.4 Å². The van der Waals surface area contributed by atoms with Crippen molar-refractivity contribution in [2.45, 2.75) is 32.3 Å². The van der Waals surface area contributed by atoms with Crippen molar-refractivity contribution >= 4 is 16.7 Å². The summed E-state index contributed by atoms with van der Waals surface area (Å²) >= 11 is 0. The van der Waals surface area contributed by atoms with Crippen molar-refractivity contribution < 1.29 is 14.3 Å². The minimum atomic E-state index is -0.203. The van der Waals surface area contributed by atoms with Crippen molar-refractivity contribution in [1.29, 1.82) is 0 Å². The molecule has 0 fully saturated rings. The monoisotopic (exact) mass is 391 g/mol. The predicted molar refractivity (Wildman–Crippen MR) is 117 cm³/mol. The van der Waals surface area contributed by atoms with E-state index in [-0.39, 0.29) is 17.9 Å². The van der Waals surface area contributed by atoms with Gasteiger partial charge in [-0.2, -0.15) is 0 Å². The molecule has 3 aromatic rings. The maximum Gasteiger partial charge on any atom is 0.227 e. The van der Waals surface area contributed by atoms with Crippen molar-refractivity contribution in [3.8, 4) is 5.75 Å². The maximum absolute atomic E-state index is 12.5. The van der Waals surface area contributed by atoms with Gasteiger partial charge in [0.15, 0.2) is 0 Å². The zero-order chi connectivity index (χ0) is 20.6. The van der Waals surface area contributed by atoms with Crippen LogP contribution in [0, 0.1) is 0 Å². The summed E-state index contributed by atoms with van der Waals surface area (Å²) in [5.74, 6) is 0.666. The summed E-state index contributed by atoms with van der Waals surface area (Å²) in [6, 6.07) is 22.2. The fraction of sp³-hybridized carbons (Fsp3) is 0.320. The second-order valence-corrected chi connectivity index (χ2v) is 7.26. The van der Waals surface area contributed by atoms with Gasteiger partial charge in [0.05, 0.1) is 19.1 Å². The number of hydrogen-bond donors (Lipinski definition) is 1. The van der Waals surface area contributed by atoms with E-state index >= 15 is 0 Å². The molecule has 2 atom stereocenters. The van der Waals surface area contributed by atoms with E-state index < -0.39 is 0 Å². The van der Waals surface area contributed by atoms with Crippen LogP contribution in [0.2, 0.25) is 0 Å². The summed E-state index contributed by atoms with van der Waals surface area (Å²) in [4.78, 5) is 12.5. The van der Waals surface area contributed by atoms with Crippen LogP contribution in [0.25, 0.3) is 10.8 Å². The van der Waals surface area contributed by atoms with E-state index in [1.165, 1.54) is 5.56 Å². The quantitative estimate of drug-likeness (QED) is 0.508. The average molecular weight is 392 g/mol. The SMILES string of the molecule is COc1ccc2cc([C@H](C)C(=O)NCCCOC(C)c3ccccc3)ccc2c1. The molecule has 0 aliphatic carbocycles. The van der Waals surface area contributed by atoms with Gasteiger partial charge >= 0.3 is 0 Å². The number of carbonyl (C=O) groups excluding carboxylic acids is 1. The third-order valence-corrected chi connectivity index (χ3v) is 5.22. The molecule has 1 N–H and O–H groups in total. The van der Waals surface area contributed by atoms with Gasteiger partial charge in [0.25, 0.3) is 0 Å². The molecule has 0 aliphatic heterocycles.